The van der Waals surface area contributed by atoms with Crippen LogP contribution in [0.1, 0.15) is 25.7 Å². The number of hydrogen-bond donors (Lipinski definition) is 2. The molecule has 0 bridgehead atoms. The van der Waals surface area contributed by atoms with Crippen molar-refractivity contribution in [2.24, 2.45) is 5.92 Å². The summed E-state index contributed by atoms with van der Waals surface area (Å²) in [6.45, 7) is 0.449. The molecule has 0 amide bonds. The Morgan fingerprint density at radius 2 is 1.47 bits per heavy atom. The Kier molecular flexibility index (Phi) is 4.94. The lowest BCUT2D eigenvalue weighted by Crippen LogP contribution is -2.39. The summed E-state index contributed by atoms with van der Waals surface area (Å²) in [6.07, 6.45) is 5.52. The van der Waals surface area contributed by atoms with Gasteiger partial charge in [-0.1, -0.05) is 0 Å². The van der Waals surface area contributed by atoms with Crippen molar-refractivity contribution in [3.05, 3.63) is 0 Å². The molecule has 17 heavy (non-hydrogen) atoms. The summed E-state index contributed by atoms with van der Waals surface area (Å²) in [5.74, 6) is 0.308. The molecule has 0 aromatic heterocycles. The summed E-state index contributed by atoms with van der Waals surface area (Å²) in [5, 5.41) is 0. The predicted molar refractivity (Wildman–Crippen MR) is 66.6 cm³/mol. The molecule has 1 aliphatic rings. The Hall–Kier alpha value is -0.180. The first-order chi connectivity index (χ1) is 7.66. The summed E-state index contributed by atoms with van der Waals surface area (Å²) in [7, 11) is -6.27. The third kappa shape index (κ3) is 6.97. The number of nitrogens with one attached hydrogen (secondary N) is 2. The second kappa shape index (κ2) is 5.64. The molecular formula is C9H20N2O4S2. The van der Waals surface area contributed by atoms with Crippen LogP contribution < -0.4 is 9.44 Å². The highest BCUT2D eigenvalue weighted by atomic mass is 32.2. The van der Waals surface area contributed by atoms with Crippen LogP contribution in [0.15, 0.2) is 0 Å². The van der Waals surface area contributed by atoms with Crippen LogP contribution in [0.4, 0.5) is 0 Å². The maximum atomic E-state index is 11.0. The predicted octanol–water partition coefficient (Wildman–Crippen LogP) is -0.356. The van der Waals surface area contributed by atoms with Crippen molar-refractivity contribution >= 4 is 20.0 Å². The van der Waals surface area contributed by atoms with Gasteiger partial charge in [0.2, 0.25) is 20.0 Å². The van der Waals surface area contributed by atoms with Gasteiger partial charge in [-0.25, -0.2) is 26.3 Å². The van der Waals surface area contributed by atoms with Crippen molar-refractivity contribution in [3.8, 4) is 0 Å². The lowest BCUT2D eigenvalue weighted by Gasteiger charge is -2.28. The van der Waals surface area contributed by atoms with Gasteiger partial charge in [-0.15, -0.1) is 0 Å². The number of rotatable bonds is 5. The number of sulfonamides is 2. The average molecular weight is 284 g/mol. The van der Waals surface area contributed by atoms with Gasteiger partial charge in [0.15, 0.2) is 0 Å². The van der Waals surface area contributed by atoms with Crippen LogP contribution in [0.3, 0.4) is 0 Å². The van der Waals surface area contributed by atoms with Crippen molar-refractivity contribution in [3.63, 3.8) is 0 Å². The molecule has 0 heterocycles. The average Bonchev–Trinajstić information content (AvgIpc) is 2.13. The largest absolute Gasteiger partial charge is 0.215 e. The van der Waals surface area contributed by atoms with E-state index in [1.54, 1.807) is 0 Å². The van der Waals surface area contributed by atoms with Crippen LogP contribution in [0, 0.1) is 5.92 Å². The monoisotopic (exact) mass is 284 g/mol. The quantitative estimate of drug-likeness (QED) is 0.721. The van der Waals surface area contributed by atoms with Gasteiger partial charge < -0.3 is 0 Å². The third-order valence-corrected chi connectivity index (χ3v) is 4.31. The van der Waals surface area contributed by atoms with E-state index in [1.807, 2.05) is 0 Å². The van der Waals surface area contributed by atoms with E-state index >= 15 is 0 Å². The Bertz CT molecular complexity index is 436. The van der Waals surface area contributed by atoms with Crippen molar-refractivity contribution < 1.29 is 16.8 Å². The summed E-state index contributed by atoms with van der Waals surface area (Å²) in [5.41, 5.74) is 0. The van der Waals surface area contributed by atoms with E-state index in [4.69, 9.17) is 0 Å². The van der Waals surface area contributed by atoms with Crippen molar-refractivity contribution in [2.45, 2.75) is 31.7 Å². The fraction of sp³-hybridized carbons (Fsp3) is 1.00. The van der Waals surface area contributed by atoms with E-state index in [0.717, 1.165) is 38.2 Å². The SMILES string of the molecule is CS(=O)(=O)NC[C@H]1CC[C@H](NS(C)(=O)=O)CC1. The summed E-state index contributed by atoms with van der Waals surface area (Å²) in [6, 6.07) is -0.000478. The van der Waals surface area contributed by atoms with Crippen molar-refractivity contribution in [1.82, 2.24) is 9.44 Å². The molecule has 0 saturated heterocycles. The molecule has 8 heteroatoms. The van der Waals surface area contributed by atoms with Crippen LogP contribution in [-0.2, 0) is 20.0 Å². The lowest BCUT2D eigenvalue weighted by molar-refractivity contribution is 0.313. The number of hydrogen-bond acceptors (Lipinski definition) is 4. The standard InChI is InChI=1S/C9H20N2O4S2/c1-16(12,13)10-7-8-3-5-9(6-4-8)11-17(2,14)15/h8-11H,3-7H2,1-2H3/t8-,9-. The minimum atomic E-state index is -3.14. The molecular weight excluding hydrogens is 264 g/mol. The summed E-state index contributed by atoms with van der Waals surface area (Å²) >= 11 is 0. The molecule has 6 nitrogen and oxygen atoms in total. The minimum absolute atomic E-state index is 0.000478. The lowest BCUT2D eigenvalue weighted by atomic mass is 9.87. The second-order valence-corrected chi connectivity index (χ2v) is 8.34. The second-order valence-electron chi connectivity index (χ2n) is 4.73. The molecule has 2 N–H and O–H groups in total. The minimum Gasteiger partial charge on any atom is -0.215 e. The highest BCUT2D eigenvalue weighted by molar-refractivity contribution is 7.89. The normalized spacial score (nSPS) is 26.9. The molecule has 1 aliphatic carbocycles. The molecule has 0 aliphatic heterocycles. The van der Waals surface area contributed by atoms with Gasteiger partial charge >= 0.3 is 0 Å². The molecule has 0 radical (unpaired) electrons. The fourth-order valence-corrected chi connectivity index (χ4v) is 3.44. The zero-order chi connectivity index (χ0) is 13.1. The molecule has 0 unspecified atom stereocenters. The van der Waals surface area contributed by atoms with Gasteiger partial charge in [-0.3, -0.25) is 0 Å². The molecule has 102 valence electrons. The van der Waals surface area contributed by atoms with E-state index in [0.29, 0.717) is 12.5 Å². The van der Waals surface area contributed by atoms with Crippen LogP contribution in [0.5, 0.6) is 0 Å². The van der Waals surface area contributed by atoms with Crippen LogP contribution in [-0.4, -0.2) is 41.9 Å². The van der Waals surface area contributed by atoms with E-state index < -0.39 is 20.0 Å². The summed E-state index contributed by atoms with van der Waals surface area (Å²) < 4.78 is 49.0. The first-order valence-electron chi connectivity index (χ1n) is 5.57. The Labute approximate surface area is 103 Å². The first-order valence-corrected chi connectivity index (χ1v) is 9.36. The molecule has 0 atom stereocenters. The van der Waals surface area contributed by atoms with Crippen molar-refractivity contribution in [2.75, 3.05) is 19.1 Å². The maximum absolute atomic E-state index is 11.0. The maximum Gasteiger partial charge on any atom is 0.208 e. The highest BCUT2D eigenvalue weighted by Gasteiger charge is 2.23. The molecule has 0 aromatic rings. The molecule has 1 rings (SSSR count). The van der Waals surface area contributed by atoms with Gasteiger partial charge in [0.05, 0.1) is 12.5 Å². The van der Waals surface area contributed by atoms with Gasteiger partial charge in [-0.05, 0) is 31.6 Å². The van der Waals surface area contributed by atoms with Crippen LogP contribution in [0.2, 0.25) is 0 Å². The van der Waals surface area contributed by atoms with Crippen LogP contribution >= 0.6 is 0 Å². The van der Waals surface area contributed by atoms with Gasteiger partial charge in [0.25, 0.3) is 0 Å². The van der Waals surface area contributed by atoms with E-state index in [2.05, 4.69) is 9.44 Å². The fourth-order valence-electron chi connectivity index (χ4n) is 2.06. The van der Waals surface area contributed by atoms with E-state index in [9.17, 15) is 16.8 Å². The zero-order valence-corrected chi connectivity index (χ0v) is 11.8. The Morgan fingerprint density at radius 3 is 1.88 bits per heavy atom. The highest BCUT2D eigenvalue weighted by Crippen LogP contribution is 2.24. The van der Waals surface area contributed by atoms with Crippen molar-refractivity contribution in [1.29, 1.82) is 0 Å². The van der Waals surface area contributed by atoms with Crippen LogP contribution in [0.25, 0.3) is 0 Å². The molecule has 0 spiro atoms. The van der Waals surface area contributed by atoms with Gasteiger partial charge in [-0.2, -0.15) is 0 Å². The topological polar surface area (TPSA) is 92.3 Å². The molecule has 0 aromatic carbocycles. The molecule has 1 saturated carbocycles. The van der Waals surface area contributed by atoms with Gasteiger partial charge in [0.1, 0.15) is 0 Å². The Balaban J connectivity index is 2.31. The smallest absolute Gasteiger partial charge is 0.208 e. The molecule has 1 fully saturated rings. The zero-order valence-electron chi connectivity index (χ0n) is 10.1. The summed E-state index contributed by atoms with van der Waals surface area (Å²) in [4.78, 5) is 0. The Morgan fingerprint density at radius 1 is 0.941 bits per heavy atom. The van der Waals surface area contributed by atoms with E-state index in [-0.39, 0.29) is 6.04 Å². The van der Waals surface area contributed by atoms with E-state index in [1.165, 1.54) is 0 Å². The first kappa shape index (κ1) is 14.9. The van der Waals surface area contributed by atoms with Gasteiger partial charge in [0, 0.05) is 12.6 Å². The third-order valence-electron chi connectivity index (χ3n) is 2.86.